The molecule has 8 heteroatoms. The standard InChI is InChI=1S/C20H23IN2O4S/c21-17-6-4-16(5-7-17)20(24)22-12-15-27-18-8-10-19(11-9-18)28(25,26)23-13-2-1-3-14-23/h4-11H,1-3,12-15H2,(H,22,24). The van der Waals surface area contributed by atoms with Crippen LogP contribution < -0.4 is 10.1 Å². The highest BCUT2D eigenvalue weighted by Gasteiger charge is 2.25. The fourth-order valence-corrected chi connectivity index (χ4v) is 4.88. The summed E-state index contributed by atoms with van der Waals surface area (Å²) in [4.78, 5) is 12.3. The zero-order valence-electron chi connectivity index (χ0n) is 15.4. The minimum atomic E-state index is -3.43. The molecule has 0 aliphatic carbocycles. The lowest BCUT2D eigenvalue weighted by atomic mass is 10.2. The second-order valence-electron chi connectivity index (χ2n) is 6.55. The molecule has 0 aromatic heterocycles. The minimum Gasteiger partial charge on any atom is -0.492 e. The molecule has 0 spiro atoms. The van der Waals surface area contributed by atoms with Crippen LogP contribution in [0.1, 0.15) is 29.6 Å². The number of hydrogen-bond donors (Lipinski definition) is 1. The number of carbonyl (C=O) groups is 1. The number of sulfonamides is 1. The zero-order valence-corrected chi connectivity index (χ0v) is 18.4. The zero-order chi connectivity index (χ0) is 20.0. The Balaban J connectivity index is 1.48. The normalized spacial score (nSPS) is 15.2. The minimum absolute atomic E-state index is 0.150. The summed E-state index contributed by atoms with van der Waals surface area (Å²) in [6, 6.07) is 13.8. The first kappa shape index (κ1) is 21.1. The van der Waals surface area contributed by atoms with E-state index in [1.54, 1.807) is 40.7 Å². The number of benzene rings is 2. The van der Waals surface area contributed by atoms with E-state index >= 15 is 0 Å². The Labute approximate surface area is 179 Å². The van der Waals surface area contributed by atoms with Gasteiger partial charge in [0.15, 0.2) is 0 Å². The predicted octanol–water partition coefficient (Wildman–Crippen LogP) is 3.27. The van der Waals surface area contributed by atoms with E-state index in [4.69, 9.17) is 4.74 Å². The molecule has 0 atom stereocenters. The Kier molecular flexibility index (Phi) is 7.30. The van der Waals surface area contributed by atoms with Gasteiger partial charge in [0.1, 0.15) is 12.4 Å². The summed E-state index contributed by atoms with van der Waals surface area (Å²) < 4.78 is 33.5. The Morgan fingerprint density at radius 2 is 1.64 bits per heavy atom. The maximum atomic E-state index is 12.6. The van der Waals surface area contributed by atoms with Crippen molar-refractivity contribution in [2.45, 2.75) is 24.2 Å². The van der Waals surface area contributed by atoms with Crippen molar-refractivity contribution in [3.05, 3.63) is 57.7 Å². The number of nitrogens with one attached hydrogen (secondary N) is 1. The number of halogens is 1. The fourth-order valence-electron chi connectivity index (χ4n) is 3.00. The Morgan fingerprint density at radius 1 is 1.00 bits per heavy atom. The van der Waals surface area contributed by atoms with Gasteiger partial charge in [-0.25, -0.2) is 8.42 Å². The molecule has 1 aliphatic heterocycles. The molecule has 1 aliphatic rings. The lowest BCUT2D eigenvalue weighted by molar-refractivity contribution is 0.0947. The monoisotopic (exact) mass is 514 g/mol. The van der Waals surface area contributed by atoms with Gasteiger partial charge in [-0.1, -0.05) is 6.42 Å². The molecule has 1 amide bonds. The van der Waals surface area contributed by atoms with Crippen LogP contribution in [-0.2, 0) is 10.0 Å². The van der Waals surface area contributed by atoms with E-state index in [1.807, 2.05) is 12.1 Å². The van der Waals surface area contributed by atoms with Crippen LogP contribution in [0.25, 0.3) is 0 Å². The SMILES string of the molecule is O=C(NCCOc1ccc(S(=O)(=O)N2CCCCC2)cc1)c1ccc(I)cc1. The molecule has 1 saturated heterocycles. The van der Waals surface area contributed by atoms with E-state index in [2.05, 4.69) is 27.9 Å². The van der Waals surface area contributed by atoms with E-state index in [-0.39, 0.29) is 10.8 Å². The molecule has 6 nitrogen and oxygen atoms in total. The van der Waals surface area contributed by atoms with Crippen molar-refractivity contribution in [1.82, 2.24) is 9.62 Å². The lowest BCUT2D eigenvalue weighted by Gasteiger charge is -2.25. The first-order valence-electron chi connectivity index (χ1n) is 9.23. The molecule has 2 aromatic carbocycles. The maximum Gasteiger partial charge on any atom is 0.251 e. The third kappa shape index (κ3) is 5.45. The summed E-state index contributed by atoms with van der Waals surface area (Å²) in [5.74, 6) is 0.420. The number of hydrogen-bond acceptors (Lipinski definition) is 4. The van der Waals surface area contributed by atoms with Crippen LogP contribution in [0.4, 0.5) is 0 Å². The van der Waals surface area contributed by atoms with Gasteiger partial charge in [-0.05, 0) is 84.0 Å². The van der Waals surface area contributed by atoms with Gasteiger partial charge in [-0.15, -0.1) is 0 Å². The van der Waals surface area contributed by atoms with E-state index in [0.29, 0.717) is 37.6 Å². The fraction of sp³-hybridized carbons (Fsp3) is 0.350. The average molecular weight is 514 g/mol. The molecule has 0 saturated carbocycles. The molecule has 2 aromatic rings. The van der Waals surface area contributed by atoms with Gasteiger partial charge in [0.25, 0.3) is 5.91 Å². The number of nitrogens with zero attached hydrogens (tertiary/aromatic N) is 1. The van der Waals surface area contributed by atoms with Crippen molar-refractivity contribution < 1.29 is 17.9 Å². The van der Waals surface area contributed by atoms with Crippen LogP contribution in [0.3, 0.4) is 0 Å². The van der Waals surface area contributed by atoms with Gasteiger partial charge in [0, 0.05) is 22.2 Å². The third-order valence-electron chi connectivity index (χ3n) is 4.54. The summed E-state index contributed by atoms with van der Waals surface area (Å²) in [5.41, 5.74) is 0.604. The van der Waals surface area contributed by atoms with Crippen molar-refractivity contribution in [2.24, 2.45) is 0 Å². The summed E-state index contributed by atoms with van der Waals surface area (Å²) in [7, 11) is -3.43. The van der Waals surface area contributed by atoms with Crippen molar-refractivity contribution in [1.29, 1.82) is 0 Å². The third-order valence-corrected chi connectivity index (χ3v) is 7.17. The summed E-state index contributed by atoms with van der Waals surface area (Å²) in [6.07, 6.45) is 2.90. The number of carbonyl (C=O) groups excluding carboxylic acids is 1. The Hall–Kier alpha value is -1.65. The largest absolute Gasteiger partial charge is 0.492 e. The number of ether oxygens (including phenoxy) is 1. The smallest absolute Gasteiger partial charge is 0.251 e. The van der Waals surface area contributed by atoms with Gasteiger partial charge < -0.3 is 10.1 Å². The van der Waals surface area contributed by atoms with Crippen LogP contribution in [0.15, 0.2) is 53.4 Å². The summed E-state index contributed by atoms with van der Waals surface area (Å²) >= 11 is 2.19. The molecule has 0 radical (unpaired) electrons. The molecule has 0 unspecified atom stereocenters. The van der Waals surface area contributed by atoms with E-state index in [0.717, 1.165) is 22.8 Å². The van der Waals surface area contributed by atoms with Gasteiger partial charge in [-0.3, -0.25) is 4.79 Å². The van der Waals surface area contributed by atoms with Gasteiger partial charge in [-0.2, -0.15) is 4.31 Å². The molecule has 1 fully saturated rings. The number of rotatable bonds is 7. The molecule has 1 N–H and O–H groups in total. The predicted molar refractivity (Wildman–Crippen MR) is 116 cm³/mol. The molecular formula is C20H23IN2O4S. The molecule has 0 bridgehead atoms. The molecule has 150 valence electrons. The summed E-state index contributed by atoms with van der Waals surface area (Å²) in [6.45, 7) is 1.83. The quantitative estimate of drug-likeness (QED) is 0.455. The molecule has 1 heterocycles. The second kappa shape index (κ2) is 9.71. The van der Waals surface area contributed by atoms with Crippen LogP contribution in [0.2, 0.25) is 0 Å². The molecular weight excluding hydrogens is 491 g/mol. The topological polar surface area (TPSA) is 75.7 Å². The lowest BCUT2D eigenvalue weighted by Crippen LogP contribution is -2.35. The number of amides is 1. The van der Waals surface area contributed by atoms with Gasteiger partial charge >= 0.3 is 0 Å². The molecule has 28 heavy (non-hydrogen) atoms. The van der Waals surface area contributed by atoms with Crippen LogP contribution in [0.5, 0.6) is 5.75 Å². The summed E-state index contributed by atoms with van der Waals surface area (Å²) in [5, 5.41) is 2.80. The van der Waals surface area contributed by atoms with Crippen molar-refractivity contribution in [3.8, 4) is 5.75 Å². The van der Waals surface area contributed by atoms with E-state index < -0.39 is 10.0 Å². The second-order valence-corrected chi connectivity index (χ2v) is 9.73. The molecule has 3 rings (SSSR count). The average Bonchev–Trinajstić information content (AvgIpc) is 2.72. The van der Waals surface area contributed by atoms with Crippen LogP contribution in [0, 0.1) is 3.57 Å². The number of piperidine rings is 1. The van der Waals surface area contributed by atoms with Crippen molar-refractivity contribution in [3.63, 3.8) is 0 Å². The van der Waals surface area contributed by atoms with Gasteiger partial charge in [0.05, 0.1) is 11.4 Å². The maximum absolute atomic E-state index is 12.6. The first-order valence-corrected chi connectivity index (χ1v) is 11.8. The Morgan fingerprint density at radius 3 is 2.29 bits per heavy atom. The van der Waals surface area contributed by atoms with Crippen LogP contribution >= 0.6 is 22.6 Å². The van der Waals surface area contributed by atoms with Crippen molar-refractivity contribution >= 4 is 38.5 Å². The highest BCUT2D eigenvalue weighted by Crippen LogP contribution is 2.22. The highest BCUT2D eigenvalue weighted by molar-refractivity contribution is 14.1. The van der Waals surface area contributed by atoms with Crippen molar-refractivity contribution in [2.75, 3.05) is 26.2 Å². The van der Waals surface area contributed by atoms with Crippen LogP contribution in [-0.4, -0.2) is 44.9 Å². The van der Waals surface area contributed by atoms with E-state index in [1.165, 1.54) is 0 Å². The highest BCUT2D eigenvalue weighted by atomic mass is 127. The van der Waals surface area contributed by atoms with Gasteiger partial charge in [0.2, 0.25) is 10.0 Å². The Bertz CT molecular complexity index is 893. The first-order chi connectivity index (χ1) is 13.5. The van der Waals surface area contributed by atoms with E-state index in [9.17, 15) is 13.2 Å².